The van der Waals surface area contributed by atoms with Crippen molar-refractivity contribution in [3.05, 3.63) is 41.0 Å². The number of hydrogen-bond donors (Lipinski definition) is 1. The van der Waals surface area contributed by atoms with E-state index in [1.807, 2.05) is 19.1 Å². The van der Waals surface area contributed by atoms with Crippen molar-refractivity contribution in [2.45, 2.75) is 13.7 Å². The zero-order valence-electron chi connectivity index (χ0n) is 8.85. The number of aromatic nitrogens is 2. The summed E-state index contributed by atoms with van der Waals surface area (Å²) in [6.07, 6.45) is 1.76. The van der Waals surface area contributed by atoms with Crippen LogP contribution in [0, 0.1) is 6.92 Å². The first kappa shape index (κ1) is 10.8. The Morgan fingerprint density at radius 1 is 1.44 bits per heavy atom. The molecule has 2 rings (SSSR count). The van der Waals surface area contributed by atoms with Gasteiger partial charge in [0.05, 0.1) is 0 Å². The van der Waals surface area contributed by atoms with E-state index in [0.717, 1.165) is 11.3 Å². The minimum absolute atomic E-state index is 0.333. The molecule has 0 aliphatic rings. The number of benzene rings is 1. The Labute approximate surface area is 98.6 Å². The van der Waals surface area contributed by atoms with Crippen molar-refractivity contribution in [1.82, 2.24) is 9.78 Å². The lowest BCUT2D eigenvalue weighted by Gasteiger charge is -2.08. The van der Waals surface area contributed by atoms with Gasteiger partial charge in [0.15, 0.2) is 6.73 Å². The zero-order valence-corrected chi connectivity index (χ0v) is 9.61. The molecule has 1 aromatic carbocycles. The number of rotatable bonds is 3. The van der Waals surface area contributed by atoms with Crippen molar-refractivity contribution in [2.75, 3.05) is 5.73 Å². The standard InChI is InChI=1S/C11H12ClN3O/c1-8-6-9(12)2-3-10(8)16-7-15-5-4-11(13)14-15/h2-6H,7H2,1H3,(H2,13,14). The zero-order chi connectivity index (χ0) is 11.5. The molecule has 84 valence electrons. The van der Waals surface area contributed by atoms with Crippen molar-refractivity contribution in [2.24, 2.45) is 0 Å². The first-order valence-electron chi connectivity index (χ1n) is 4.83. The Bertz CT molecular complexity index is 496. The van der Waals surface area contributed by atoms with Crippen LogP contribution in [-0.4, -0.2) is 9.78 Å². The molecule has 16 heavy (non-hydrogen) atoms. The van der Waals surface area contributed by atoms with Crippen molar-refractivity contribution >= 4 is 17.4 Å². The van der Waals surface area contributed by atoms with E-state index in [0.29, 0.717) is 17.6 Å². The van der Waals surface area contributed by atoms with Crippen LogP contribution in [-0.2, 0) is 6.73 Å². The summed E-state index contributed by atoms with van der Waals surface area (Å²) >= 11 is 5.85. The number of nitrogen functional groups attached to an aromatic ring is 1. The van der Waals surface area contributed by atoms with Crippen molar-refractivity contribution < 1.29 is 4.74 Å². The highest BCUT2D eigenvalue weighted by molar-refractivity contribution is 6.30. The van der Waals surface area contributed by atoms with E-state index in [1.54, 1.807) is 23.0 Å². The second kappa shape index (κ2) is 4.45. The third-order valence-corrected chi connectivity index (χ3v) is 2.39. The van der Waals surface area contributed by atoms with Gasteiger partial charge in [-0.2, -0.15) is 5.10 Å². The first-order chi connectivity index (χ1) is 7.65. The molecule has 2 N–H and O–H groups in total. The number of anilines is 1. The van der Waals surface area contributed by atoms with Crippen LogP contribution in [0.15, 0.2) is 30.5 Å². The van der Waals surface area contributed by atoms with Gasteiger partial charge in [-0.15, -0.1) is 0 Å². The molecule has 0 radical (unpaired) electrons. The largest absolute Gasteiger partial charge is 0.471 e. The van der Waals surface area contributed by atoms with Gasteiger partial charge in [-0.05, 0) is 30.7 Å². The van der Waals surface area contributed by atoms with Crippen LogP contribution in [0.2, 0.25) is 5.02 Å². The topological polar surface area (TPSA) is 53.1 Å². The summed E-state index contributed by atoms with van der Waals surface area (Å²) in [4.78, 5) is 0. The Hall–Kier alpha value is -1.68. The quantitative estimate of drug-likeness (QED) is 0.892. The smallest absolute Gasteiger partial charge is 0.180 e. The fourth-order valence-corrected chi connectivity index (χ4v) is 1.59. The molecule has 0 bridgehead atoms. The van der Waals surface area contributed by atoms with E-state index in [2.05, 4.69) is 5.10 Å². The lowest BCUT2D eigenvalue weighted by Crippen LogP contribution is -2.06. The summed E-state index contributed by atoms with van der Waals surface area (Å²) in [6, 6.07) is 7.21. The number of aryl methyl sites for hydroxylation is 1. The van der Waals surface area contributed by atoms with Gasteiger partial charge < -0.3 is 10.5 Å². The molecule has 0 fully saturated rings. The van der Waals surface area contributed by atoms with E-state index in [1.165, 1.54) is 0 Å². The van der Waals surface area contributed by atoms with Crippen LogP contribution in [0.3, 0.4) is 0 Å². The fraction of sp³-hybridized carbons (Fsp3) is 0.182. The number of hydrogen-bond acceptors (Lipinski definition) is 3. The van der Waals surface area contributed by atoms with Gasteiger partial charge in [-0.3, -0.25) is 0 Å². The molecule has 0 aliphatic heterocycles. The van der Waals surface area contributed by atoms with Crippen LogP contribution in [0.25, 0.3) is 0 Å². The molecule has 5 heteroatoms. The molecular formula is C11H12ClN3O. The van der Waals surface area contributed by atoms with Gasteiger partial charge in [-0.1, -0.05) is 11.6 Å². The van der Waals surface area contributed by atoms with Crippen molar-refractivity contribution in [3.8, 4) is 5.75 Å². The number of nitrogens with zero attached hydrogens (tertiary/aromatic N) is 2. The van der Waals surface area contributed by atoms with Gasteiger partial charge in [0.2, 0.25) is 0 Å². The number of ether oxygens (including phenoxy) is 1. The molecule has 0 amide bonds. The summed E-state index contributed by atoms with van der Waals surface area (Å²) in [5.41, 5.74) is 6.49. The molecule has 0 spiro atoms. The summed E-state index contributed by atoms with van der Waals surface area (Å²) in [5.74, 6) is 1.27. The maximum atomic E-state index is 5.85. The third kappa shape index (κ3) is 2.46. The second-order valence-corrected chi connectivity index (χ2v) is 3.90. The highest BCUT2D eigenvalue weighted by Crippen LogP contribution is 2.21. The molecule has 4 nitrogen and oxygen atoms in total. The average Bonchev–Trinajstić information content (AvgIpc) is 2.63. The molecule has 0 saturated carbocycles. The third-order valence-electron chi connectivity index (χ3n) is 2.15. The second-order valence-electron chi connectivity index (χ2n) is 3.46. The monoisotopic (exact) mass is 237 g/mol. The van der Waals surface area contributed by atoms with E-state index in [4.69, 9.17) is 22.1 Å². The molecule has 0 aliphatic carbocycles. The van der Waals surface area contributed by atoms with Crippen molar-refractivity contribution in [3.63, 3.8) is 0 Å². The molecular weight excluding hydrogens is 226 g/mol. The highest BCUT2D eigenvalue weighted by atomic mass is 35.5. The molecule has 1 aromatic heterocycles. The minimum atomic E-state index is 0.333. The van der Waals surface area contributed by atoms with E-state index < -0.39 is 0 Å². The Morgan fingerprint density at radius 2 is 2.25 bits per heavy atom. The molecule has 0 unspecified atom stereocenters. The lowest BCUT2D eigenvalue weighted by molar-refractivity contribution is 0.220. The summed E-state index contributed by atoms with van der Waals surface area (Å²) in [6.45, 7) is 2.28. The Morgan fingerprint density at radius 3 is 2.88 bits per heavy atom. The summed E-state index contributed by atoms with van der Waals surface area (Å²) in [5, 5.41) is 4.72. The van der Waals surface area contributed by atoms with Gasteiger partial charge in [0.25, 0.3) is 0 Å². The minimum Gasteiger partial charge on any atom is -0.471 e. The van der Waals surface area contributed by atoms with Gasteiger partial charge in [0, 0.05) is 17.3 Å². The van der Waals surface area contributed by atoms with E-state index >= 15 is 0 Å². The SMILES string of the molecule is Cc1cc(Cl)ccc1OCn1ccc(N)n1. The van der Waals surface area contributed by atoms with Crippen molar-refractivity contribution in [1.29, 1.82) is 0 Å². The Kier molecular flexibility index (Phi) is 3.01. The number of nitrogens with two attached hydrogens (primary N) is 1. The van der Waals surface area contributed by atoms with Crippen LogP contribution in [0.4, 0.5) is 5.82 Å². The highest BCUT2D eigenvalue weighted by Gasteiger charge is 2.01. The van der Waals surface area contributed by atoms with Gasteiger partial charge >= 0.3 is 0 Å². The van der Waals surface area contributed by atoms with E-state index in [-0.39, 0.29) is 0 Å². The molecule has 2 aromatic rings. The lowest BCUT2D eigenvalue weighted by atomic mass is 10.2. The first-order valence-corrected chi connectivity index (χ1v) is 5.21. The van der Waals surface area contributed by atoms with Gasteiger partial charge in [0.1, 0.15) is 11.6 Å². The number of halogens is 1. The average molecular weight is 238 g/mol. The Balaban J connectivity index is 2.04. The van der Waals surface area contributed by atoms with Crippen LogP contribution in [0.5, 0.6) is 5.75 Å². The fourth-order valence-electron chi connectivity index (χ4n) is 1.36. The predicted molar refractivity (Wildman–Crippen MR) is 63.5 cm³/mol. The normalized spacial score (nSPS) is 10.4. The maximum absolute atomic E-state index is 5.85. The van der Waals surface area contributed by atoms with E-state index in [9.17, 15) is 0 Å². The van der Waals surface area contributed by atoms with Crippen LogP contribution in [0.1, 0.15) is 5.56 Å². The van der Waals surface area contributed by atoms with Crippen LogP contribution >= 0.6 is 11.6 Å². The summed E-state index contributed by atoms with van der Waals surface area (Å²) in [7, 11) is 0. The molecule has 1 heterocycles. The summed E-state index contributed by atoms with van der Waals surface area (Å²) < 4.78 is 7.21. The molecule has 0 atom stereocenters. The maximum Gasteiger partial charge on any atom is 0.180 e. The van der Waals surface area contributed by atoms with Crippen LogP contribution < -0.4 is 10.5 Å². The predicted octanol–water partition coefficient (Wildman–Crippen LogP) is 2.46. The molecule has 0 saturated heterocycles. The van der Waals surface area contributed by atoms with Gasteiger partial charge in [-0.25, -0.2) is 4.68 Å².